The molecule has 0 saturated heterocycles. The molecular weight excluding hydrogens is 296 g/mol. The zero-order valence-corrected chi connectivity index (χ0v) is 13.9. The number of hydrogen-bond acceptors (Lipinski definition) is 3. The highest BCUT2D eigenvalue weighted by Gasteiger charge is 2.11. The van der Waals surface area contributed by atoms with Gasteiger partial charge in [-0.3, -0.25) is 9.48 Å². The predicted molar refractivity (Wildman–Crippen MR) is 88.0 cm³/mol. The maximum absolute atomic E-state index is 12.3. The van der Waals surface area contributed by atoms with Crippen molar-refractivity contribution in [2.45, 2.75) is 20.3 Å². The van der Waals surface area contributed by atoms with Crippen molar-refractivity contribution < 1.29 is 4.79 Å². The van der Waals surface area contributed by atoms with Crippen molar-refractivity contribution in [3.05, 3.63) is 46.0 Å². The summed E-state index contributed by atoms with van der Waals surface area (Å²) in [5.41, 5.74) is 3.69. The lowest BCUT2D eigenvalue weighted by atomic mass is 10.2. The van der Waals surface area contributed by atoms with Crippen molar-refractivity contribution in [1.82, 2.24) is 14.3 Å². The van der Waals surface area contributed by atoms with E-state index in [-0.39, 0.29) is 5.91 Å². The first-order chi connectivity index (χ1) is 10.5. The molecule has 0 saturated carbocycles. The van der Waals surface area contributed by atoms with Crippen LogP contribution in [0, 0.1) is 6.92 Å². The standard InChI is InChI=1S/C16H18N4OS/c1-5-11-6-7-13-14(9-11)22-16(19(13)3)17-15(21)12-8-10(2)20(4)18-12/h6-9H,5H2,1-4H3. The lowest BCUT2D eigenvalue weighted by molar-refractivity contribution is 0.0992. The average molecular weight is 314 g/mol. The summed E-state index contributed by atoms with van der Waals surface area (Å²) in [6.45, 7) is 4.04. The van der Waals surface area contributed by atoms with Crippen molar-refractivity contribution in [3.63, 3.8) is 0 Å². The van der Waals surface area contributed by atoms with E-state index in [1.54, 1.807) is 10.7 Å². The van der Waals surface area contributed by atoms with Crippen LogP contribution in [0.2, 0.25) is 0 Å². The van der Waals surface area contributed by atoms with Crippen LogP contribution in [0.4, 0.5) is 0 Å². The van der Waals surface area contributed by atoms with Gasteiger partial charge in [0, 0.05) is 19.8 Å². The first kappa shape index (κ1) is 14.7. The smallest absolute Gasteiger partial charge is 0.300 e. The molecule has 0 N–H and O–H groups in total. The molecular formula is C16H18N4OS. The summed E-state index contributed by atoms with van der Waals surface area (Å²) < 4.78 is 4.78. The largest absolute Gasteiger partial charge is 0.319 e. The van der Waals surface area contributed by atoms with Gasteiger partial charge >= 0.3 is 0 Å². The monoisotopic (exact) mass is 314 g/mol. The van der Waals surface area contributed by atoms with Gasteiger partial charge in [-0.05, 0) is 37.1 Å². The third-order valence-corrected chi connectivity index (χ3v) is 4.91. The summed E-state index contributed by atoms with van der Waals surface area (Å²) in [5.74, 6) is -0.304. The molecule has 3 rings (SSSR count). The van der Waals surface area contributed by atoms with Crippen LogP contribution in [0.5, 0.6) is 0 Å². The van der Waals surface area contributed by atoms with E-state index < -0.39 is 0 Å². The summed E-state index contributed by atoms with van der Waals surface area (Å²) in [6, 6.07) is 8.12. The van der Waals surface area contributed by atoms with Gasteiger partial charge in [-0.25, -0.2) is 0 Å². The second-order valence-electron chi connectivity index (χ2n) is 5.31. The molecule has 0 fully saturated rings. The van der Waals surface area contributed by atoms with Gasteiger partial charge in [0.15, 0.2) is 10.5 Å². The molecule has 6 heteroatoms. The number of benzene rings is 1. The Morgan fingerprint density at radius 2 is 2.09 bits per heavy atom. The third-order valence-electron chi connectivity index (χ3n) is 3.81. The van der Waals surface area contributed by atoms with E-state index in [1.165, 1.54) is 16.9 Å². The number of rotatable bonds is 2. The number of hydrogen-bond donors (Lipinski definition) is 0. The topological polar surface area (TPSA) is 52.2 Å². The molecule has 3 aromatic rings. The van der Waals surface area contributed by atoms with Crippen molar-refractivity contribution in [2.24, 2.45) is 19.1 Å². The van der Waals surface area contributed by atoms with Gasteiger partial charge in [0.25, 0.3) is 5.91 Å². The number of aryl methyl sites for hydroxylation is 4. The highest BCUT2D eigenvalue weighted by molar-refractivity contribution is 7.16. The molecule has 0 atom stereocenters. The lowest BCUT2D eigenvalue weighted by Crippen LogP contribution is -2.13. The molecule has 0 aliphatic rings. The second kappa shape index (κ2) is 5.53. The summed E-state index contributed by atoms with van der Waals surface area (Å²) in [6.07, 6.45) is 0.996. The molecule has 2 aromatic heterocycles. The van der Waals surface area contributed by atoms with E-state index in [4.69, 9.17) is 0 Å². The number of amides is 1. The minimum atomic E-state index is -0.304. The number of nitrogens with zero attached hydrogens (tertiary/aromatic N) is 4. The van der Waals surface area contributed by atoms with E-state index in [2.05, 4.69) is 35.2 Å². The van der Waals surface area contributed by atoms with Crippen LogP contribution in [-0.4, -0.2) is 20.3 Å². The van der Waals surface area contributed by atoms with Crippen molar-refractivity contribution in [1.29, 1.82) is 0 Å². The number of carbonyl (C=O) groups excluding carboxylic acids is 1. The highest BCUT2D eigenvalue weighted by Crippen LogP contribution is 2.18. The molecule has 0 bridgehead atoms. The lowest BCUT2D eigenvalue weighted by Gasteiger charge is -1.97. The Morgan fingerprint density at radius 3 is 2.73 bits per heavy atom. The molecule has 2 heterocycles. The Labute approximate surface area is 132 Å². The molecule has 1 amide bonds. The predicted octanol–water partition coefficient (Wildman–Crippen LogP) is 2.59. The molecule has 5 nitrogen and oxygen atoms in total. The van der Waals surface area contributed by atoms with E-state index >= 15 is 0 Å². The molecule has 1 aromatic carbocycles. The van der Waals surface area contributed by atoms with Crippen molar-refractivity contribution >= 4 is 27.5 Å². The number of carbonyl (C=O) groups is 1. The van der Waals surface area contributed by atoms with Crippen molar-refractivity contribution in [3.8, 4) is 0 Å². The third kappa shape index (κ3) is 2.50. The number of thiazole rings is 1. The maximum atomic E-state index is 12.3. The molecule has 22 heavy (non-hydrogen) atoms. The summed E-state index contributed by atoms with van der Waals surface area (Å²) in [4.78, 5) is 17.2. The van der Waals surface area contributed by atoms with E-state index in [9.17, 15) is 4.79 Å². The molecule has 114 valence electrons. The fraction of sp³-hybridized carbons (Fsp3) is 0.312. The van der Waals surface area contributed by atoms with Gasteiger partial charge in [-0.15, -0.1) is 0 Å². The van der Waals surface area contributed by atoms with Crippen LogP contribution in [0.1, 0.15) is 28.7 Å². The van der Waals surface area contributed by atoms with E-state index in [0.29, 0.717) is 10.5 Å². The molecule has 0 unspecified atom stereocenters. The minimum Gasteiger partial charge on any atom is -0.319 e. The van der Waals surface area contributed by atoms with Crippen LogP contribution in [0.3, 0.4) is 0 Å². The van der Waals surface area contributed by atoms with Crippen molar-refractivity contribution in [2.75, 3.05) is 0 Å². The fourth-order valence-corrected chi connectivity index (χ4v) is 3.39. The molecule has 0 aliphatic carbocycles. The van der Waals surface area contributed by atoms with Gasteiger partial charge in [0.05, 0.1) is 10.2 Å². The SMILES string of the molecule is CCc1ccc2c(c1)sc(=NC(=O)c1cc(C)n(C)n1)n2C. The Hall–Kier alpha value is -2.21. The molecule has 0 radical (unpaired) electrons. The Balaban J connectivity index is 2.08. The van der Waals surface area contributed by atoms with Crippen LogP contribution in [0.25, 0.3) is 10.2 Å². The van der Waals surface area contributed by atoms with Gasteiger partial charge in [0.1, 0.15) is 0 Å². The van der Waals surface area contributed by atoms with Crippen LogP contribution in [-0.2, 0) is 20.5 Å². The molecule has 0 aliphatic heterocycles. The average Bonchev–Trinajstić information content (AvgIpc) is 3.00. The fourth-order valence-electron chi connectivity index (χ4n) is 2.31. The Bertz CT molecular complexity index is 910. The first-order valence-corrected chi connectivity index (χ1v) is 7.99. The highest BCUT2D eigenvalue weighted by atomic mass is 32.1. The van der Waals surface area contributed by atoms with Crippen LogP contribution < -0.4 is 4.80 Å². The quantitative estimate of drug-likeness (QED) is 0.730. The van der Waals surface area contributed by atoms with Gasteiger partial charge in [0.2, 0.25) is 0 Å². The van der Waals surface area contributed by atoms with E-state index in [1.807, 2.05) is 25.6 Å². The zero-order valence-electron chi connectivity index (χ0n) is 13.1. The van der Waals surface area contributed by atoms with Gasteiger partial charge in [-0.2, -0.15) is 10.1 Å². The summed E-state index contributed by atoms with van der Waals surface area (Å²) >= 11 is 1.53. The molecule has 0 spiro atoms. The Morgan fingerprint density at radius 1 is 1.32 bits per heavy atom. The van der Waals surface area contributed by atoms with Gasteiger partial charge in [-0.1, -0.05) is 24.3 Å². The minimum absolute atomic E-state index is 0.304. The normalized spacial score (nSPS) is 12.3. The maximum Gasteiger partial charge on any atom is 0.300 e. The number of aromatic nitrogens is 3. The van der Waals surface area contributed by atoms with Crippen LogP contribution >= 0.6 is 11.3 Å². The summed E-state index contributed by atoms with van der Waals surface area (Å²) in [7, 11) is 3.75. The summed E-state index contributed by atoms with van der Waals surface area (Å²) in [5, 5.41) is 4.19. The van der Waals surface area contributed by atoms with Gasteiger partial charge < -0.3 is 4.57 Å². The number of fused-ring (bicyclic) bond motifs is 1. The first-order valence-electron chi connectivity index (χ1n) is 7.17. The zero-order chi connectivity index (χ0) is 15.9. The Kier molecular flexibility index (Phi) is 3.70. The van der Waals surface area contributed by atoms with E-state index in [0.717, 1.165) is 22.3 Å². The second-order valence-corrected chi connectivity index (χ2v) is 6.32. The van der Waals surface area contributed by atoms with Crippen LogP contribution in [0.15, 0.2) is 29.3 Å².